The van der Waals surface area contributed by atoms with Gasteiger partial charge in [0.2, 0.25) is 0 Å². The average molecular weight is 725 g/mol. The Labute approximate surface area is 334 Å². The Morgan fingerprint density at radius 2 is 0.946 bits per heavy atom. The van der Waals surface area contributed by atoms with Gasteiger partial charge in [-0.2, -0.15) is 0 Å². The Hall–Kier alpha value is -7.63. The molecule has 0 bridgehead atoms. The second-order valence-electron chi connectivity index (χ2n) is 13.4. The highest BCUT2D eigenvalue weighted by Crippen LogP contribution is 2.40. The molecule has 0 aliphatic heterocycles. The van der Waals surface area contributed by atoms with Gasteiger partial charge < -0.3 is 8.98 Å². The first-order chi connectivity index (χ1) is 31.1. The van der Waals surface area contributed by atoms with Gasteiger partial charge in [0.25, 0.3) is 0 Å². The van der Waals surface area contributed by atoms with Crippen molar-refractivity contribution in [2.24, 2.45) is 0 Å². The Bertz CT molecular complexity index is 3630. The Morgan fingerprint density at radius 3 is 1.66 bits per heavy atom. The lowest BCUT2D eigenvalue weighted by Crippen LogP contribution is -2.04. The molecule has 56 heavy (non-hydrogen) atoms. The van der Waals surface area contributed by atoms with E-state index in [0.717, 1.165) is 33.0 Å². The molecule has 5 nitrogen and oxygen atoms in total. The van der Waals surface area contributed by atoms with E-state index in [0.29, 0.717) is 45.2 Å². The van der Waals surface area contributed by atoms with Crippen LogP contribution in [-0.4, -0.2) is 19.5 Å². The van der Waals surface area contributed by atoms with Crippen LogP contribution in [0.3, 0.4) is 0 Å². The largest absolute Gasteiger partial charge is 0.455 e. The van der Waals surface area contributed by atoms with Crippen LogP contribution >= 0.6 is 0 Å². The Balaban J connectivity index is 1.25. The summed E-state index contributed by atoms with van der Waals surface area (Å²) in [7, 11) is 0. The maximum atomic E-state index is 9.28. The van der Waals surface area contributed by atoms with Crippen LogP contribution in [-0.2, 0) is 0 Å². The van der Waals surface area contributed by atoms with Gasteiger partial charge in [0.1, 0.15) is 11.2 Å². The van der Waals surface area contributed by atoms with E-state index in [1.165, 1.54) is 4.57 Å². The highest BCUT2D eigenvalue weighted by atomic mass is 16.3. The van der Waals surface area contributed by atoms with E-state index < -0.39 is 48.3 Å². The maximum Gasteiger partial charge on any atom is 0.167 e. The third-order valence-electron chi connectivity index (χ3n) is 10.1. The van der Waals surface area contributed by atoms with Gasteiger partial charge in [0.15, 0.2) is 17.5 Å². The van der Waals surface area contributed by atoms with E-state index in [2.05, 4.69) is 0 Å². The first-order valence-electron chi connectivity index (χ1n) is 22.1. The van der Waals surface area contributed by atoms with Gasteiger partial charge in [-0.25, -0.2) is 15.0 Å². The number of fused-ring (bicyclic) bond motifs is 6. The third-order valence-corrected chi connectivity index (χ3v) is 10.1. The summed E-state index contributed by atoms with van der Waals surface area (Å²) in [5.74, 6) is 0.859. The molecule has 262 valence electrons. The van der Waals surface area contributed by atoms with Crippen molar-refractivity contribution < 1.29 is 15.4 Å². The van der Waals surface area contributed by atoms with E-state index >= 15 is 0 Å². The zero-order valence-electron chi connectivity index (χ0n) is 37.6. The van der Waals surface area contributed by atoms with Crippen molar-refractivity contribution in [3.8, 4) is 62.1 Å². The molecule has 0 saturated heterocycles. The van der Waals surface area contributed by atoms with E-state index in [-0.39, 0.29) is 27.6 Å². The number of rotatable bonds is 6. The molecular weight excluding hydrogens is 685 g/mol. The van der Waals surface area contributed by atoms with Crippen molar-refractivity contribution in [3.05, 3.63) is 194 Å². The predicted molar refractivity (Wildman–Crippen MR) is 229 cm³/mol. The first-order valence-corrected chi connectivity index (χ1v) is 18.1. The zero-order valence-corrected chi connectivity index (χ0v) is 29.6. The summed E-state index contributed by atoms with van der Waals surface area (Å²) in [5.41, 5.74) is 7.03. The highest BCUT2D eigenvalue weighted by molar-refractivity contribution is 6.10. The minimum Gasteiger partial charge on any atom is -0.455 e. The third kappa shape index (κ3) is 5.29. The molecule has 0 saturated carbocycles. The molecule has 0 aliphatic rings. The predicted octanol–water partition coefficient (Wildman–Crippen LogP) is 13.2. The van der Waals surface area contributed by atoms with Crippen LogP contribution in [0.15, 0.2) is 198 Å². The molecule has 0 atom stereocenters. The van der Waals surface area contributed by atoms with Gasteiger partial charge in [-0.3, -0.25) is 0 Å². The van der Waals surface area contributed by atoms with E-state index in [1.807, 2.05) is 140 Å². The monoisotopic (exact) mass is 724 g/mol. The minimum absolute atomic E-state index is 0.0150. The summed E-state index contributed by atoms with van der Waals surface area (Å²) in [4.78, 5) is 15.3. The second-order valence-corrected chi connectivity index (χ2v) is 13.4. The molecule has 3 aromatic heterocycles. The van der Waals surface area contributed by atoms with Gasteiger partial charge in [0, 0.05) is 32.7 Å². The normalized spacial score (nSPS) is 13.6. The molecule has 0 unspecified atom stereocenters. The van der Waals surface area contributed by atoms with Crippen LogP contribution < -0.4 is 0 Å². The molecule has 11 rings (SSSR count). The number of aromatic nitrogens is 4. The van der Waals surface area contributed by atoms with Crippen LogP contribution in [0, 0.1) is 0 Å². The zero-order chi connectivity index (χ0) is 44.0. The molecule has 0 amide bonds. The summed E-state index contributed by atoms with van der Waals surface area (Å²) < 4.78 is 79.4. The van der Waals surface area contributed by atoms with Crippen molar-refractivity contribution in [2.75, 3.05) is 0 Å². The molecule has 3 heterocycles. The van der Waals surface area contributed by atoms with Gasteiger partial charge in [-0.15, -0.1) is 0 Å². The standard InChI is InChI=1S/C51H32N4O/c1-3-14-33(15-4-1)34-26-28-35(29-27-34)37-30-31-46(55-44-23-10-7-18-38(44)39-19-8-11-24-45(39)55)43(32-37)51-53-49(36-16-5-2-6-17-36)52-50(54-51)42-22-13-21-41-40-20-9-12-25-47(40)56-48(41)42/h1-32H/i7D,8D,10D,11D,18D,19D,23D,24D. The fraction of sp³-hybridized carbons (Fsp3) is 0. The molecule has 11 aromatic rings. The molecule has 5 heteroatoms. The van der Waals surface area contributed by atoms with Gasteiger partial charge in [-0.05, 0) is 58.6 Å². The summed E-state index contributed by atoms with van der Waals surface area (Å²) in [6.45, 7) is 0. The quantitative estimate of drug-likeness (QED) is 0.171. The molecule has 0 N–H and O–H groups in total. The lowest BCUT2D eigenvalue weighted by molar-refractivity contribution is 0.669. The van der Waals surface area contributed by atoms with Crippen molar-refractivity contribution in [2.45, 2.75) is 0 Å². The topological polar surface area (TPSA) is 56.7 Å². The molecule has 0 aliphatic carbocycles. The lowest BCUT2D eigenvalue weighted by Gasteiger charge is -2.16. The fourth-order valence-electron chi connectivity index (χ4n) is 7.49. The Morgan fingerprint density at radius 1 is 0.411 bits per heavy atom. The van der Waals surface area contributed by atoms with Gasteiger partial charge in [-0.1, -0.05) is 158 Å². The van der Waals surface area contributed by atoms with Crippen LogP contribution in [0.5, 0.6) is 0 Å². The summed E-state index contributed by atoms with van der Waals surface area (Å²) in [6.07, 6.45) is 0. The molecule has 8 aromatic carbocycles. The van der Waals surface area contributed by atoms with E-state index in [1.54, 1.807) is 6.07 Å². The number of para-hydroxylation sites is 4. The van der Waals surface area contributed by atoms with Crippen molar-refractivity contribution >= 4 is 43.7 Å². The second kappa shape index (κ2) is 13.0. The van der Waals surface area contributed by atoms with Crippen molar-refractivity contribution in [1.82, 2.24) is 19.5 Å². The van der Waals surface area contributed by atoms with Crippen LogP contribution in [0.2, 0.25) is 0 Å². The Kier molecular flexibility index (Phi) is 5.74. The summed E-state index contributed by atoms with van der Waals surface area (Å²) in [5, 5.41) is 1.76. The number of furan rings is 1. The summed E-state index contributed by atoms with van der Waals surface area (Å²) >= 11 is 0. The van der Waals surface area contributed by atoms with Gasteiger partial charge in [0.05, 0.1) is 33.3 Å². The average Bonchev–Trinajstić information content (AvgIpc) is 3.91. The molecule has 0 fully saturated rings. The molecule has 0 radical (unpaired) electrons. The minimum atomic E-state index is -0.521. The lowest BCUT2D eigenvalue weighted by atomic mass is 9.98. The first kappa shape index (κ1) is 24.6. The van der Waals surface area contributed by atoms with Crippen molar-refractivity contribution in [3.63, 3.8) is 0 Å². The van der Waals surface area contributed by atoms with Crippen LogP contribution in [0.25, 0.3) is 106 Å². The SMILES string of the molecule is [2H]c1c([2H])c([2H])c2c(c1[2H])c1c([2H])c([2H])c([2H])c([2H])c1n2-c1ccc(-c2ccc(-c3ccccc3)cc2)cc1-c1nc(-c2ccccc2)nc(-c2cccc3c2oc2ccccc23)n1. The molecule has 0 spiro atoms. The summed E-state index contributed by atoms with van der Waals surface area (Å²) in [6, 6.07) is 43.1. The van der Waals surface area contributed by atoms with Gasteiger partial charge >= 0.3 is 0 Å². The van der Waals surface area contributed by atoms with E-state index in [4.69, 9.17) is 27.6 Å². The number of hydrogen-bond acceptors (Lipinski definition) is 4. The van der Waals surface area contributed by atoms with Crippen LogP contribution in [0.1, 0.15) is 11.0 Å². The fourth-order valence-corrected chi connectivity index (χ4v) is 7.49. The smallest absolute Gasteiger partial charge is 0.167 e. The maximum absolute atomic E-state index is 9.28. The molecular formula is C51H32N4O. The van der Waals surface area contributed by atoms with E-state index in [9.17, 15) is 2.74 Å². The number of benzene rings is 8. The highest BCUT2D eigenvalue weighted by Gasteiger charge is 2.22. The van der Waals surface area contributed by atoms with Crippen LogP contribution in [0.4, 0.5) is 0 Å². The van der Waals surface area contributed by atoms with Crippen molar-refractivity contribution in [1.29, 1.82) is 0 Å². The number of hydrogen-bond donors (Lipinski definition) is 0. The number of nitrogens with zero attached hydrogens (tertiary/aromatic N) is 4.